The summed E-state index contributed by atoms with van der Waals surface area (Å²) in [4.78, 5) is 14.0. The number of aryl methyl sites for hydroxylation is 1. The molecule has 0 radical (unpaired) electrons. The maximum atomic E-state index is 12.2. The lowest BCUT2D eigenvalue weighted by Crippen LogP contribution is -2.47. The number of hydrogen-bond donors (Lipinski definition) is 2. The molecule has 2 rings (SSSR count). The second-order valence-electron chi connectivity index (χ2n) is 4.78. The molecule has 1 atom stereocenters. The molecular formula is C12H21N5O2. The minimum Gasteiger partial charge on any atom is -0.384 e. The molecule has 7 heteroatoms. The van der Waals surface area contributed by atoms with E-state index in [1.165, 1.54) is 4.68 Å². The fraction of sp³-hybridized carbons (Fsp3) is 0.667. The first-order valence-corrected chi connectivity index (χ1v) is 6.49. The van der Waals surface area contributed by atoms with E-state index in [9.17, 15) is 4.79 Å². The molecule has 0 bridgehead atoms. The van der Waals surface area contributed by atoms with Gasteiger partial charge in [-0.05, 0) is 19.9 Å². The van der Waals surface area contributed by atoms with Gasteiger partial charge in [0.25, 0.3) is 0 Å². The van der Waals surface area contributed by atoms with Gasteiger partial charge in [0.2, 0.25) is 5.91 Å². The highest BCUT2D eigenvalue weighted by atomic mass is 16.5. The summed E-state index contributed by atoms with van der Waals surface area (Å²) >= 11 is 0. The van der Waals surface area contributed by atoms with E-state index in [4.69, 9.17) is 16.2 Å². The highest BCUT2D eigenvalue weighted by Crippen LogP contribution is 2.10. The van der Waals surface area contributed by atoms with E-state index >= 15 is 0 Å². The molecule has 2 heterocycles. The van der Waals surface area contributed by atoms with Crippen LogP contribution in [0.2, 0.25) is 0 Å². The SMILES string of the molecule is Cc1cc(N)n(CC(=O)N2CCO[C@@H](CCN)C2)n1. The van der Waals surface area contributed by atoms with E-state index < -0.39 is 0 Å². The molecule has 0 spiro atoms. The maximum absolute atomic E-state index is 12.2. The first-order chi connectivity index (χ1) is 9.10. The van der Waals surface area contributed by atoms with Crippen LogP contribution in [0.25, 0.3) is 0 Å². The van der Waals surface area contributed by atoms with E-state index in [0.717, 1.165) is 12.1 Å². The Balaban J connectivity index is 1.94. The Morgan fingerprint density at radius 1 is 1.63 bits per heavy atom. The van der Waals surface area contributed by atoms with Gasteiger partial charge < -0.3 is 21.1 Å². The quantitative estimate of drug-likeness (QED) is 0.755. The minimum atomic E-state index is 0.0140. The summed E-state index contributed by atoms with van der Waals surface area (Å²) in [7, 11) is 0. The van der Waals surface area contributed by atoms with Crippen LogP contribution in [0.3, 0.4) is 0 Å². The van der Waals surface area contributed by atoms with Gasteiger partial charge in [-0.25, -0.2) is 4.68 Å². The third-order valence-corrected chi connectivity index (χ3v) is 3.20. The zero-order chi connectivity index (χ0) is 13.8. The summed E-state index contributed by atoms with van der Waals surface area (Å²) in [5, 5.41) is 4.19. The Kier molecular flexibility index (Phi) is 4.39. The lowest BCUT2D eigenvalue weighted by molar-refractivity contribution is -0.139. The number of nitrogen functional groups attached to an aromatic ring is 1. The van der Waals surface area contributed by atoms with Gasteiger partial charge >= 0.3 is 0 Å². The largest absolute Gasteiger partial charge is 0.384 e. The number of ether oxygens (including phenoxy) is 1. The average Bonchev–Trinajstić information content (AvgIpc) is 2.68. The van der Waals surface area contributed by atoms with Gasteiger partial charge in [0.05, 0.1) is 18.4 Å². The van der Waals surface area contributed by atoms with Crippen molar-refractivity contribution in [2.75, 3.05) is 32.0 Å². The molecule has 1 aromatic rings. The molecule has 1 amide bonds. The number of anilines is 1. The highest BCUT2D eigenvalue weighted by molar-refractivity contribution is 5.76. The molecule has 19 heavy (non-hydrogen) atoms. The molecule has 0 unspecified atom stereocenters. The third kappa shape index (κ3) is 3.45. The molecule has 7 nitrogen and oxygen atoms in total. The predicted molar refractivity (Wildman–Crippen MR) is 71.4 cm³/mol. The third-order valence-electron chi connectivity index (χ3n) is 3.20. The van der Waals surface area contributed by atoms with Gasteiger partial charge in [-0.15, -0.1) is 0 Å². The minimum absolute atomic E-state index is 0.0140. The van der Waals surface area contributed by atoms with E-state index in [-0.39, 0.29) is 18.6 Å². The summed E-state index contributed by atoms with van der Waals surface area (Å²) in [5.41, 5.74) is 12.1. The molecular weight excluding hydrogens is 246 g/mol. The normalized spacial score (nSPS) is 19.7. The Morgan fingerprint density at radius 2 is 2.42 bits per heavy atom. The first-order valence-electron chi connectivity index (χ1n) is 6.49. The Labute approximate surface area is 112 Å². The van der Waals surface area contributed by atoms with Crippen molar-refractivity contribution in [3.05, 3.63) is 11.8 Å². The van der Waals surface area contributed by atoms with E-state index in [1.807, 2.05) is 6.92 Å². The number of nitrogens with two attached hydrogens (primary N) is 2. The first kappa shape index (κ1) is 13.8. The zero-order valence-corrected chi connectivity index (χ0v) is 11.2. The van der Waals surface area contributed by atoms with Crippen LogP contribution >= 0.6 is 0 Å². The topological polar surface area (TPSA) is 99.4 Å². The molecule has 1 aliphatic heterocycles. The zero-order valence-electron chi connectivity index (χ0n) is 11.2. The van der Waals surface area contributed by atoms with Gasteiger partial charge in [-0.3, -0.25) is 4.79 Å². The maximum Gasteiger partial charge on any atom is 0.244 e. The van der Waals surface area contributed by atoms with Crippen LogP contribution in [0.15, 0.2) is 6.07 Å². The second-order valence-corrected chi connectivity index (χ2v) is 4.78. The molecule has 1 aliphatic rings. The van der Waals surface area contributed by atoms with Crippen molar-refractivity contribution in [3.63, 3.8) is 0 Å². The van der Waals surface area contributed by atoms with Crippen molar-refractivity contribution in [3.8, 4) is 0 Å². The van der Waals surface area contributed by atoms with Gasteiger partial charge in [-0.2, -0.15) is 5.10 Å². The van der Waals surface area contributed by atoms with Crippen molar-refractivity contribution >= 4 is 11.7 Å². The van der Waals surface area contributed by atoms with E-state index in [0.29, 0.717) is 32.1 Å². The smallest absolute Gasteiger partial charge is 0.244 e. The van der Waals surface area contributed by atoms with Crippen LogP contribution in [-0.4, -0.2) is 52.9 Å². The number of carbonyl (C=O) groups is 1. The lowest BCUT2D eigenvalue weighted by atomic mass is 10.2. The van der Waals surface area contributed by atoms with Crippen LogP contribution in [0.5, 0.6) is 0 Å². The van der Waals surface area contributed by atoms with Crippen molar-refractivity contribution in [2.24, 2.45) is 5.73 Å². The molecule has 0 aliphatic carbocycles. The number of morpholine rings is 1. The standard InChI is InChI=1S/C12H21N5O2/c1-9-6-11(14)17(15-9)8-12(18)16-4-5-19-10(7-16)2-3-13/h6,10H,2-5,7-8,13-14H2,1H3/t10-/m0/s1. The Morgan fingerprint density at radius 3 is 3.05 bits per heavy atom. The summed E-state index contributed by atoms with van der Waals surface area (Å²) in [5.74, 6) is 0.526. The average molecular weight is 267 g/mol. The number of aromatic nitrogens is 2. The van der Waals surface area contributed by atoms with Gasteiger partial charge in [0, 0.05) is 19.2 Å². The molecule has 1 saturated heterocycles. The lowest BCUT2D eigenvalue weighted by Gasteiger charge is -2.32. The number of nitrogens with zero attached hydrogens (tertiary/aromatic N) is 3. The van der Waals surface area contributed by atoms with Crippen LogP contribution in [0, 0.1) is 6.92 Å². The molecule has 0 aromatic carbocycles. The fourth-order valence-corrected chi connectivity index (χ4v) is 2.23. The van der Waals surface area contributed by atoms with Crippen molar-refractivity contribution in [1.29, 1.82) is 0 Å². The summed E-state index contributed by atoms with van der Waals surface area (Å²) in [6.07, 6.45) is 0.812. The van der Waals surface area contributed by atoms with Gasteiger partial charge in [0.15, 0.2) is 0 Å². The Hall–Kier alpha value is -1.60. The molecule has 1 aromatic heterocycles. The predicted octanol–water partition coefficient (Wildman–Crippen LogP) is -0.650. The fourth-order valence-electron chi connectivity index (χ4n) is 2.23. The highest BCUT2D eigenvalue weighted by Gasteiger charge is 2.24. The molecule has 1 fully saturated rings. The number of hydrogen-bond acceptors (Lipinski definition) is 5. The van der Waals surface area contributed by atoms with Crippen LogP contribution in [-0.2, 0) is 16.1 Å². The van der Waals surface area contributed by atoms with Crippen molar-refractivity contribution < 1.29 is 9.53 Å². The van der Waals surface area contributed by atoms with Crippen LogP contribution < -0.4 is 11.5 Å². The number of carbonyl (C=O) groups excluding carboxylic acids is 1. The Bertz CT molecular complexity index is 443. The molecule has 4 N–H and O–H groups in total. The summed E-state index contributed by atoms with van der Waals surface area (Å²) in [6.45, 7) is 4.36. The second kappa shape index (κ2) is 6.03. The van der Waals surface area contributed by atoms with Crippen molar-refractivity contribution in [2.45, 2.75) is 26.0 Å². The van der Waals surface area contributed by atoms with Crippen LogP contribution in [0.1, 0.15) is 12.1 Å². The summed E-state index contributed by atoms with van der Waals surface area (Å²) < 4.78 is 7.09. The van der Waals surface area contributed by atoms with Gasteiger partial charge in [0.1, 0.15) is 12.4 Å². The number of amides is 1. The molecule has 106 valence electrons. The monoisotopic (exact) mass is 267 g/mol. The van der Waals surface area contributed by atoms with Crippen molar-refractivity contribution in [1.82, 2.24) is 14.7 Å². The van der Waals surface area contributed by atoms with E-state index in [2.05, 4.69) is 5.10 Å². The summed E-state index contributed by atoms with van der Waals surface area (Å²) in [6, 6.07) is 1.75. The van der Waals surface area contributed by atoms with E-state index in [1.54, 1.807) is 11.0 Å². The number of rotatable bonds is 4. The van der Waals surface area contributed by atoms with Gasteiger partial charge in [-0.1, -0.05) is 0 Å². The molecule has 0 saturated carbocycles. The van der Waals surface area contributed by atoms with Crippen LogP contribution in [0.4, 0.5) is 5.82 Å².